The number of hydrogen-bond donors (Lipinski definition) is 3. The fourth-order valence-electron chi connectivity index (χ4n) is 3.40. The van der Waals surface area contributed by atoms with Crippen molar-refractivity contribution in [3.8, 4) is 5.75 Å². The van der Waals surface area contributed by atoms with Crippen LogP contribution in [0.3, 0.4) is 0 Å². The van der Waals surface area contributed by atoms with Gasteiger partial charge >= 0.3 is 11.7 Å². The molecule has 0 unspecified atom stereocenters. The van der Waals surface area contributed by atoms with Crippen molar-refractivity contribution < 1.29 is 24.2 Å². The van der Waals surface area contributed by atoms with E-state index in [2.05, 4.69) is 10.3 Å². The van der Waals surface area contributed by atoms with Gasteiger partial charge in [0.1, 0.15) is 5.82 Å². The van der Waals surface area contributed by atoms with Crippen LogP contribution in [0.5, 0.6) is 5.75 Å². The molecule has 0 bridgehead atoms. The molecule has 4 rings (SSSR count). The topological polar surface area (TPSA) is 124 Å². The van der Waals surface area contributed by atoms with Crippen LogP contribution in [0.15, 0.2) is 77.7 Å². The monoisotopic (exact) mass is 462 g/mol. The zero-order valence-corrected chi connectivity index (χ0v) is 17.7. The Labute approximate surface area is 192 Å². The summed E-state index contributed by atoms with van der Waals surface area (Å²) in [5.74, 6) is -2.15. The molecule has 0 fully saturated rings. The van der Waals surface area contributed by atoms with Crippen molar-refractivity contribution >= 4 is 23.3 Å². The lowest BCUT2D eigenvalue weighted by Gasteiger charge is -2.21. The number of carbonyl (C=O) groups excluding carboxylic acids is 1. The van der Waals surface area contributed by atoms with Gasteiger partial charge in [0.2, 0.25) is 5.75 Å². The van der Waals surface area contributed by atoms with Gasteiger partial charge in [0.25, 0.3) is 5.91 Å². The number of carboxylic acid groups (broad SMARTS) is 1. The Morgan fingerprint density at radius 1 is 1.00 bits per heavy atom. The van der Waals surface area contributed by atoms with Gasteiger partial charge in [-0.2, -0.15) is 0 Å². The van der Waals surface area contributed by atoms with Crippen LogP contribution >= 0.6 is 0 Å². The van der Waals surface area contributed by atoms with E-state index >= 15 is 0 Å². The Kier molecular flexibility index (Phi) is 6.22. The van der Waals surface area contributed by atoms with E-state index in [1.807, 2.05) is 0 Å². The van der Waals surface area contributed by atoms with E-state index in [0.717, 1.165) is 9.30 Å². The molecule has 0 aliphatic carbocycles. The van der Waals surface area contributed by atoms with Crippen LogP contribution < -0.4 is 15.8 Å². The molecular weight excluding hydrogens is 443 g/mol. The number of rotatable bonds is 6. The van der Waals surface area contributed by atoms with Crippen molar-refractivity contribution in [2.45, 2.75) is 13.1 Å². The van der Waals surface area contributed by atoms with Crippen LogP contribution in [0.25, 0.3) is 5.65 Å². The number of benzene rings is 2. The fraction of sp³-hybridized carbons (Fsp3) is 0.0833. The van der Waals surface area contributed by atoms with Crippen molar-refractivity contribution in [1.82, 2.24) is 14.7 Å². The summed E-state index contributed by atoms with van der Waals surface area (Å²) >= 11 is 0. The molecule has 0 radical (unpaired) electrons. The van der Waals surface area contributed by atoms with Crippen LogP contribution in [-0.4, -0.2) is 31.6 Å². The predicted octanol–water partition coefficient (Wildman–Crippen LogP) is 3.15. The van der Waals surface area contributed by atoms with Crippen molar-refractivity contribution in [3.05, 3.63) is 106 Å². The first-order valence-corrected chi connectivity index (χ1v) is 10.2. The second-order valence-corrected chi connectivity index (χ2v) is 7.36. The summed E-state index contributed by atoms with van der Waals surface area (Å²) in [6.45, 7) is -0.0325. The zero-order valence-electron chi connectivity index (χ0n) is 17.7. The number of aromatic hydroxyl groups is 1. The first-order valence-electron chi connectivity index (χ1n) is 10.2. The van der Waals surface area contributed by atoms with Crippen molar-refractivity contribution in [1.29, 1.82) is 0 Å². The first-order chi connectivity index (χ1) is 16.3. The molecule has 172 valence electrons. The summed E-state index contributed by atoms with van der Waals surface area (Å²) in [4.78, 5) is 42.7. The number of carbonyl (C=O) groups is 2. The number of amides is 2. The number of hydrogen-bond acceptors (Lipinski definition) is 5. The summed E-state index contributed by atoms with van der Waals surface area (Å²) < 4.78 is 14.1. The largest absolute Gasteiger partial charge is 0.501 e. The molecule has 0 aliphatic heterocycles. The third-order valence-electron chi connectivity index (χ3n) is 5.10. The highest BCUT2D eigenvalue weighted by Crippen LogP contribution is 2.24. The summed E-state index contributed by atoms with van der Waals surface area (Å²) in [6, 6.07) is 17.2. The first kappa shape index (κ1) is 22.5. The highest BCUT2D eigenvalue weighted by molar-refractivity contribution is 5.96. The summed E-state index contributed by atoms with van der Waals surface area (Å²) in [5.41, 5.74) is -0.245. The van der Waals surface area contributed by atoms with E-state index in [0.29, 0.717) is 11.1 Å². The number of fused-ring (bicyclic) bond motifs is 1. The Morgan fingerprint density at radius 3 is 2.38 bits per heavy atom. The molecule has 2 aromatic heterocycles. The molecule has 0 spiro atoms. The maximum atomic E-state index is 13.1. The number of nitrogens with one attached hydrogen (secondary N) is 1. The van der Waals surface area contributed by atoms with Gasteiger partial charge in [-0.15, -0.1) is 0 Å². The molecule has 34 heavy (non-hydrogen) atoms. The molecule has 2 aromatic carbocycles. The van der Waals surface area contributed by atoms with Crippen molar-refractivity contribution in [2.24, 2.45) is 0 Å². The van der Waals surface area contributed by atoms with Crippen LogP contribution in [0, 0.1) is 5.82 Å². The average Bonchev–Trinajstić information content (AvgIpc) is 2.84. The standard InChI is InChI=1S/C24H19FN4O5/c25-17-10-8-15(9-11-17)13-26-22(31)19-20(30)23(32)28-12-4-7-18(21(28)27-19)29(24(33)34)14-16-5-2-1-3-6-16/h1-12,30H,13-14H2,(H,26,31)(H,33,34). The predicted molar refractivity (Wildman–Crippen MR) is 121 cm³/mol. The minimum Gasteiger partial charge on any atom is -0.501 e. The normalized spacial score (nSPS) is 10.7. The molecule has 2 heterocycles. The number of aromatic nitrogens is 2. The number of pyridine rings is 1. The molecule has 2 amide bonds. The second kappa shape index (κ2) is 9.41. The highest BCUT2D eigenvalue weighted by atomic mass is 19.1. The van der Waals surface area contributed by atoms with Crippen LogP contribution in [0.4, 0.5) is 14.9 Å². The Hall–Kier alpha value is -4.73. The minimum atomic E-state index is -1.29. The molecule has 0 saturated carbocycles. The molecule has 3 N–H and O–H groups in total. The minimum absolute atomic E-state index is 0.00346. The molecule has 9 nitrogen and oxygen atoms in total. The van der Waals surface area contributed by atoms with Gasteiger partial charge in [0.15, 0.2) is 11.3 Å². The van der Waals surface area contributed by atoms with Gasteiger partial charge in [0.05, 0.1) is 12.2 Å². The van der Waals surface area contributed by atoms with Gasteiger partial charge in [-0.05, 0) is 35.4 Å². The van der Waals surface area contributed by atoms with Crippen molar-refractivity contribution in [2.75, 3.05) is 4.90 Å². The SMILES string of the molecule is O=C(NCc1ccc(F)cc1)c1nc2c(N(Cc3ccccc3)C(=O)O)cccn2c(=O)c1O. The maximum absolute atomic E-state index is 13.1. The average molecular weight is 462 g/mol. The number of nitrogens with zero attached hydrogens (tertiary/aromatic N) is 3. The van der Waals surface area contributed by atoms with Gasteiger partial charge in [0, 0.05) is 12.7 Å². The van der Waals surface area contributed by atoms with E-state index in [1.54, 1.807) is 30.3 Å². The van der Waals surface area contributed by atoms with Gasteiger partial charge < -0.3 is 15.5 Å². The number of anilines is 1. The van der Waals surface area contributed by atoms with Gasteiger partial charge in [-0.3, -0.25) is 18.9 Å². The van der Waals surface area contributed by atoms with E-state index in [-0.39, 0.29) is 24.4 Å². The third-order valence-corrected chi connectivity index (χ3v) is 5.10. The van der Waals surface area contributed by atoms with E-state index in [1.165, 1.54) is 42.6 Å². The lowest BCUT2D eigenvalue weighted by Crippen LogP contribution is -2.31. The maximum Gasteiger partial charge on any atom is 0.412 e. The lowest BCUT2D eigenvalue weighted by atomic mass is 10.2. The van der Waals surface area contributed by atoms with Gasteiger partial charge in [-0.1, -0.05) is 42.5 Å². The van der Waals surface area contributed by atoms with E-state index in [4.69, 9.17) is 0 Å². The summed E-state index contributed by atoms with van der Waals surface area (Å²) in [6.07, 6.45) is 0.0259. The lowest BCUT2D eigenvalue weighted by molar-refractivity contribution is 0.0942. The molecule has 0 atom stereocenters. The van der Waals surface area contributed by atoms with Crippen LogP contribution in [0.2, 0.25) is 0 Å². The Balaban J connectivity index is 1.73. The van der Waals surface area contributed by atoms with E-state index < -0.39 is 34.8 Å². The fourth-order valence-corrected chi connectivity index (χ4v) is 3.40. The molecule has 10 heteroatoms. The van der Waals surface area contributed by atoms with Crippen LogP contribution in [-0.2, 0) is 13.1 Å². The summed E-state index contributed by atoms with van der Waals surface area (Å²) in [7, 11) is 0. The molecular formula is C24H19FN4O5. The Bertz CT molecular complexity index is 1420. The molecule has 0 aliphatic rings. The van der Waals surface area contributed by atoms with Crippen LogP contribution in [0.1, 0.15) is 21.6 Å². The quantitative estimate of drug-likeness (QED) is 0.404. The highest BCUT2D eigenvalue weighted by Gasteiger charge is 2.24. The number of halogens is 1. The molecule has 0 saturated heterocycles. The second-order valence-electron chi connectivity index (χ2n) is 7.36. The van der Waals surface area contributed by atoms with Gasteiger partial charge in [-0.25, -0.2) is 14.2 Å². The molecule has 4 aromatic rings. The van der Waals surface area contributed by atoms with Crippen molar-refractivity contribution in [3.63, 3.8) is 0 Å². The Morgan fingerprint density at radius 2 is 1.71 bits per heavy atom. The van der Waals surface area contributed by atoms with E-state index in [9.17, 15) is 29.0 Å². The zero-order chi connectivity index (χ0) is 24.2. The smallest absolute Gasteiger partial charge is 0.412 e. The summed E-state index contributed by atoms with van der Waals surface area (Å²) in [5, 5.41) is 22.7. The third kappa shape index (κ3) is 4.56.